The third kappa shape index (κ3) is 5.56. The van der Waals surface area contributed by atoms with Crippen LogP contribution in [-0.2, 0) is 0 Å². The smallest absolute Gasteiger partial charge is 0.0715 e. The van der Waals surface area contributed by atoms with Crippen molar-refractivity contribution in [1.29, 1.82) is 0 Å². The molecule has 0 fully saturated rings. The fourth-order valence-electron chi connectivity index (χ4n) is 5.81. The van der Waals surface area contributed by atoms with E-state index in [2.05, 4.69) is 119 Å². The minimum atomic E-state index is 0.897. The maximum atomic E-state index is 5.21. The van der Waals surface area contributed by atoms with E-state index in [1.165, 1.54) is 5.39 Å². The van der Waals surface area contributed by atoms with Gasteiger partial charge in [0.2, 0.25) is 0 Å². The summed E-state index contributed by atoms with van der Waals surface area (Å²) in [4.78, 5) is 19.1. The van der Waals surface area contributed by atoms with Gasteiger partial charge in [-0.1, -0.05) is 97.1 Å². The van der Waals surface area contributed by atoms with E-state index < -0.39 is 0 Å². The van der Waals surface area contributed by atoms with Gasteiger partial charge in [-0.15, -0.1) is 0 Å². The van der Waals surface area contributed by atoms with Crippen LogP contribution in [0, 0.1) is 0 Å². The Bertz CT molecular complexity index is 2200. The standard InChI is InChI=1S/C42H28N4/c1-2-10-36-28-45-40(25-31(36)9-1)30-19-17-29(18-20-30)37-26-41(34-13-7-11-32(23-34)38-15-3-5-21-43-38)46-42(27-37)35-14-8-12-33(24-35)39-16-4-6-22-44-39/h1-28H. The molecule has 0 aliphatic carbocycles. The van der Waals surface area contributed by atoms with Gasteiger partial charge in [-0.05, 0) is 71.1 Å². The first-order valence-electron chi connectivity index (χ1n) is 15.3. The van der Waals surface area contributed by atoms with Crippen LogP contribution in [0.25, 0.3) is 78.2 Å². The molecule has 0 atom stereocenters. The third-order valence-corrected chi connectivity index (χ3v) is 8.21. The molecule has 0 saturated carbocycles. The topological polar surface area (TPSA) is 51.6 Å². The van der Waals surface area contributed by atoms with Gasteiger partial charge in [-0.25, -0.2) is 4.98 Å². The summed E-state index contributed by atoms with van der Waals surface area (Å²) in [7, 11) is 0. The number of aromatic nitrogens is 4. The quantitative estimate of drug-likeness (QED) is 0.194. The van der Waals surface area contributed by atoms with E-state index in [0.717, 1.165) is 72.8 Å². The lowest BCUT2D eigenvalue weighted by atomic mass is 9.97. The molecule has 4 heteroatoms. The first-order chi connectivity index (χ1) is 22.8. The summed E-state index contributed by atoms with van der Waals surface area (Å²) in [5.74, 6) is 0. The van der Waals surface area contributed by atoms with Crippen LogP contribution < -0.4 is 0 Å². The van der Waals surface area contributed by atoms with Crippen molar-refractivity contribution < 1.29 is 0 Å². The maximum Gasteiger partial charge on any atom is 0.0715 e. The second kappa shape index (κ2) is 12.0. The SMILES string of the molecule is c1ccc(-c2cccc(-c3cc(-c4ccc(-c5cc6ccccc6cn5)cc4)cc(-c4cccc(-c5ccccn5)c4)n3)c2)nc1. The van der Waals surface area contributed by atoms with E-state index in [4.69, 9.17) is 9.97 Å². The molecule has 0 radical (unpaired) electrons. The monoisotopic (exact) mass is 588 g/mol. The van der Waals surface area contributed by atoms with E-state index in [0.29, 0.717) is 0 Å². The number of fused-ring (bicyclic) bond motifs is 1. The highest BCUT2D eigenvalue weighted by Gasteiger charge is 2.12. The van der Waals surface area contributed by atoms with E-state index in [1.807, 2.05) is 61.1 Å². The Labute approximate surface area is 267 Å². The van der Waals surface area contributed by atoms with Crippen LogP contribution in [0.4, 0.5) is 0 Å². The highest BCUT2D eigenvalue weighted by atomic mass is 14.7. The molecule has 0 unspecified atom stereocenters. The third-order valence-electron chi connectivity index (χ3n) is 8.21. The van der Waals surface area contributed by atoms with Crippen molar-refractivity contribution in [3.8, 4) is 67.4 Å². The highest BCUT2D eigenvalue weighted by molar-refractivity contribution is 5.86. The van der Waals surface area contributed by atoms with Gasteiger partial charge in [0.25, 0.3) is 0 Å². The Balaban J connectivity index is 1.23. The summed E-state index contributed by atoms with van der Waals surface area (Å²) >= 11 is 0. The zero-order valence-corrected chi connectivity index (χ0v) is 25.0. The molecule has 4 aromatic heterocycles. The molecular formula is C42H28N4. The number of hydrogen-bond acceptors (Lipinski definition) is 4. The summed E-state index contributed by atoms with van der Waals surface area (Å²) in [5, 5.41) is 2.32. The summed E-state index contributed by atoms with van der Waals surface area (Å²) in [6.45, 7) is 0. The highest BCUT2D eigenvalue weighted by Crippen LogP contribution is 2.34. The van der Waals surface area contributed by atoms with E-state index in [-0.39, 0.29) is 0 Å². The molecule has 8 aromatic rings. The van der Waals surface area contributed by atoms with Crippen LogP contribution in [0.1, 0.15) is 0 Å². The van der Waals surface area contributed by atoms with Gasteiger partial charge in [-0.3, -0.25) is 15.0 Å². The molecule has 216 valence electrons. The van der Waals surface area contributed by atoms with Crippen molar-refractivity contribution in [1.82, 2.24) is 19.9 Å². The van der Waals surface area contributed by atoms with Crippen LogP contribution in [0.2, 0.25) is 0 Å². The second-order valence-electron chi connectivity index (χ2n) is 11.2. The average molecular weight is 589 g/mol. The predicted octanol–water partition coefficient (Wildman–Crippen LogP) is 10.4. The zero-order chi connectivity index (χ0) is 30.7. The molecule has 4 heterocycles. The largest absolute Gasteiger partial charge is 0.256 e. The molecule has 0 aliphatic rings. The van der Waals surface area contributed by atoms with Crippen LogP contribution in [0.3, 0.4) is 0 Å². The lowest BCUT2D eigenvalue weighted by Crippen LogP contribution is -1.93. The molecule has 0 bridgehead atoms. The van der Waals surface area contributed by atoms with Crippen LogP contribution in [0.15, 0.2) is 170 Å². The number of rotatable bonds is 6. The Kier molecular flexibility index (Phi) is 7.14. The molecule has 0 aliphatic heterocycles. The number of benzene rings is 4. The summed E-state index contributed by atoms with van der Waals surface area (Å²) in [5.41, 5.74) is 12.1. The Morgan fingerprint density at radius 1 is 0.283 bits per heavy atom. The predicted molar refractivity (Wildman–Crippen MR) is 188 cm³/mol. The maximum absolute atomic E-state index is 5.21. The van der Waals surface area contributed by atoms with Crippen molar-refractivity contribution in [3.05, 3.63) is 170 Å². The zero-order valence-electron chi connectivity index (χ0n) is 25.0. The number of pyridine rings is 4. The first kappa shape index (κ1) is 27.3. The minimum absolute atomic E-state index is 0.897. The van der Waals surface area contributed by atoms with Gasteiger partial charge < -0.3 is 0 Å². The Morgan fingerprint density at radius 3 is 1.37 bits per heavy atom. The lowest BCUT2D eigenvalue weighted by molar-refractivity contribution is 1.30. The normalized spacial score (nSPS) is 11.0. The van der Waals surface area contributed by atoms with Crippen LogP contribution in [0.5, 0.6) is 0 Å². The fraction of sp³-hybridized carbons (Fsp3) is 0. The van der Waals surface area contributed by atoms with Crippen molar-refractivity contribution >= 4 is 10.8 Å². The Morgan fingerprint density at radius 2 is 0.804 bits per heavy atom. The molecule has 0 amide bonds. The fourth-order valence-corrected chi connectivity index (χ4v) is 5.81. The minimum Gasteiger partial charge on any atom is -0.256 e. The van der Waals surface area contributed by atoms with Crippen molar-refractivity contribution in [2.24, 2.45) is 0 Å². The van der Waals surface area contributed by atoms with E-state index >= 15 is 0 Å². The molecule has 0 spiro atoms. The van der Waals surface area contributed by atoms with Gasteiger partial charge in [0.05, 0.1) is 28.5 Å². The van der Waals surface area contributed by atoms with Crippen molar-refractivity contribution in [3.63, 3.8) is 0 Å². The van der Waals surface area contributed by atoms with Crippen molar-refractivity contribution in [2.75, 3.05) is 0 Å². The average Bonchev–Trinajstić information content (AvgIpc) is 3.15. The Hall–Kier alpha value is -6.26. The second-order valence-corrected chi connectivity index (χ2v) is 11.2. The first-order valence-corrected chi connectivity index (χ1v) is 15.3. The lowest BCUT2D eigenvalue weighted by Gasteiger charge is -2.12. The number of nitrogens with zero attached hydrogens (tertiary/aromatic N) is 4. The summed E-state index contributed by atoms with van der Waals surface area (Å²) in [6, 6.07) is 52.3. The van der Waals surface area contributed by atoms with E-state index in [1.54, 1.807) is 0 Å². The molecule has 0 saturated heterocycles. The number of hydrogen-bond donors (Lipinski definition) is 0. The molecule has 46 heavy (non-hydrogen) atoms. The molecule has 4 nitrogen and oxygen atoms in total. The molecule has 4 aromatic carbocycles. The summed E-state index contributed by atoms with van der Waals surface area (Å²) < 4.78 is 0. The molecular weight excluding hydrogens is 560 g/mol. The van der Waals surface area contributed by atoms with Crippen molar-refractivity contribution in [2.45, 2.75) is 0 Å². The van der Waals surface area contributed by atoms with Gasteiger partial charge in [-0.2, -0.15) is 0 Å². The van der Waals surface area contributed by atoms with Gasteiger partial charge in [0.1, 0.15) is 0 Å². The van der Waals surface area contributed by atoms with E-state index in [9.17, 15) is 0 Å². The van der Waals surface area contributed by atoms with Crippen LogP contribution in [-0.4, -0.2) is 19.9 Å². The van der Waals surface area contributed by atoms with Gasteiger partial charge >= 0.3 is 0 Å². The summed E-state index contributed by atoms with van der Waals surface area (Å²) in [6.07, 6.45) is 5.59. The molecule has 0 N–H and O–H groups in total. The van der Waals surface area contributed by atoms with Gasteiger partial charge in [0.15, 0.2) is 0 Å². The molecule has 8 rings (SSSR count). The van der Waals surface area contributed by atoms with Gasteiger partial charge in [0, 0.05) is 51.8 Å². The van der Waals surface area contributed by atoms with Crippen LogP contribution >= 0.6 is 0 Å².